The van der Waals surface area contributed by atoms with Crippen molar-refractivity contribution in [2.75, 3.05) is 5.73 Å². The number of rotatable bonds is 3. The lowest BCUT2D eigenvalue weighted by molar-refractivity contribution is 0.487. The summed E-state index contributed by atoms with van der Waals surface area (Å²) in [6.07, 6.45) is 0. The van der Waals surface area contributed by atoms with Crippen LogP contribution in [0.25, 0.3) is 11.1 Å². The van der Waals surface area contributed by atoms with Crippen LogP contribution in [0.1, 0.15) is 0 Å². The van der Waals surface area contributed by atoms with E-state index in [0.717, 1.165) is 16.9 Å². The molecule has 2 heteroatoms. The van der Waals surface area contributed by atoms with E-state index in [1.165, 1.54) is 0 Å². The predicted molar refractivity (Wildman–Crippen MR) is 82.8 cm³/mol. The van der Waals surface area contributed by atoms with Crippen LogP contribution in [0, 0.1) is 0 Å². The van der Waals surface area contributed by atoms with Gasteiger partial charge in [0.1, 0.15) is 5.75 Å². The van der Waals surface area contributed by atoms with Gasteiger partial charge in [-0.2, -0.15) is 0 Å². The Morgan fingerprint density at radius 3 is 2.00 bits per heavy atom. The maximum absolute atomic E-state index is 6.08. The summed E-state index contributed by atoms with van der Waals surface area (Å²) in [6.45, 7) is 0. The Morgan fingerprint density at radius 2 is 1.30 bits per heavy atom. The van der Waals surface area contributed by atoms with Gasteiger partial charge in [0.25, 0.3) is 0 Å². The predicted octanol–water partition coefficient (Wildman–Crippen LogP) is 4.73. The fourth-order valence-corrected chi connectivity index (χ4v) is 2.12. The van der Waals surface area contributed by atoms with E-state index in [1.54, 1.807) is 0 Å². The number of nitrogen functional groups attached to an aromatic ring is 1. The van der Waals surface area contributed by atoms with Crippen LogP contribution >= 0.6 is 0 Å². The molecule has 0 saturated carbocycles. The van der Waals surface area contributed by atoms with Crippen LogP contribution in [0.2, 0.25) is 0 Å². The molecule has 2 nitrogen and oxygen atoms in total. The standard InChI is InChI=1S/C18H15NO/c19-17-13-7-12-16(14-8-3-1-4-9-14)18(17)20-15-10-5-2-6-11-15/h1-13H,19H2. The Morgan fingerprint density at radius 1 is 0.650 bits per heavy atom. The minimum Gasteiger partial charge on any atom is -0.455 e. The molecule has 98 valence electrons. The van der Waals surface area contributed by atoms with E-state index in [9.17, 15) is 0 Å². The molecule has 0 saturated heterocycles. The molecule has 0 aliphatic heterocycles. The third kappa shape index (κ3) is 2.50. The minimum atomic E-state index is 0.634. The highest BCUT2D eigenvalue weighted by Crippen LogP contribution is 2.37. The van der Waals surface area contributed by atoms with Crippen molar-refractivity contribution in [2.45, 2.75) is 0 Å². The second kappa shape index (κ2) is 5.49. The van der Waals surface area contributed by atoms with E-state index < -0.39 is 0 Å². The number of anilines is 1. The first-order valence-corrected chi connectivity index (χ1v) is 6.51. The van der Waals surface area contributed by atoms with E-state index in [2.05, 4.69) is 0 Å². The van der Waals surface area contributed by atoms with Crippen LogP contribution in [0.5, 0.6) is 11.5 Å². The highest BCUT2D eigenvalue weighted by Gasteiger charge is 2.10. The molecule has 0 fully saturated rings. The van der Waals surface area contributed by atoms with Gasteiger partial charge in [-0.25, -0.2) is 0 Å². The molecule has 0 heterocycles. The molecule has 3 aromatic carbocycles. The van der Waals surface area contributed by atoms with Gasteiger partial charge in [0.2, 0.25) is 0 Å². The van der Waals surface area contributed by atoms with Crippen LogP contribution in [-0.2, 0) is 0 Å². The number of nitrogens with two attached hydrogens (primary N) is 1. The third-order valence-corrected chi connectivity index (χ3v) is 3.09. The molecule has 20 heavy (non-hydrogen) atoms. The molecule has 0 aliphatic rings. The van der Waals surface area contributed by atoms with E-state index in [4.69, 9.17) is 10.5 Å². The number of hydrogen-bond donors (Lipinski definition) is 1. The lowest BCUT2D eigenvalue weighted by atomic mass is 10.0. The molecule has 0 atom stereocenters. The molecule has 0 radical (unpaired) electrons. The maximum atomic E-state index is 6.08. The summed E-state index contributed by atoms with van der Waals surface area (Å²) in [7, 11) is 0. The Balaban J connectivity index is 2.06. The van der Waals surface area contributed by atoms with Crippen LogP contribution in [0.4, 0.5) is 5.69 Å². The second-order valence-electron chi connectivity index (χ2n) is 4.51. The van der Waals surface area contributed by atoms with Crippen molar-refractivity contribution in [3.8, 4) is 22.6 Å². The summed E-state index contributed by atoms with van der Waals surface area (Å²) in [4.78, 5) is 0. The van der Waals surface area contributed by atoms with Gasteiger partial charge in [-0.15, -0.1) is 0 Å². The monoisotopic (exact) mass is 261 g/mol. The summed E-state index contributed by atoms with van der Waals surface area (Å²) in [6, 6.07) is 25.6. The molecular weight excluding hydrogens is 246 g/mol. The number of ether oxygens (including phenoxy) is 1. The third-order valence-electron chi connectivity index (χ3n) is 3.09. The zero-order chi connectivity index (χ0) is 13.8. The van der Waals surface area contributed by atoms with Crippen LogP contribution in [0.3, 0.4) is 0 Å². The normalized spacial score (nSPS) is 10.2. The van der Waals surface area contributed by atoms with Gasteiger partial charge < -0.3 is 10.5 Å². The largest absolute Gasteiger partial charge is 0.455 e. The molecule has 2 N–H and O–H groups in total. The van der Waals surface area contributed by atoms with Crippen molar-refractivity contribution >= 4 is 5.69 Å². The van der Waals surface area contributed by atoms with E-state index >= 15 is 0 Å². The van der Waals surface area contributed by atoms with Crippen LogP contribution < -0.4 is 10.5 Å². The summed E-state index contributed by atoms with van der Waals surface area (Å²) < 4.78 is 5.97. The van der Waals surface area contributed by atoms with Gasteiger partial charge in [-0.1, -0.05) is 60.7 Å². The molecule has 0 spiro atoms. The van der Waals surface area contributed by atoms with Gasteiger partial charge in [-0.3, -0.25) is 0 Å². The summed E-state index contributed by atoms with van der Waals surface area (Å²) in [5.41, 5.74) is 8.80. The Hall–Kier alpha value is -2.74. The van der Waals surface area contributed by atoms with Crippen molar-refractivity contribution in [2.24, 2.45) is 0 Å². The molecule has 0 aromatic heterocycles. The van der Waals surface area contributed by atoms with E-state index in [1.807, 2.05) is 78.9 Å². The summed E-state index contributed by atoms with van der Waals surface area (Å²) in [5.74, 6) is 1.48. The topological polar surface area (TPSA) is 35.2 Å². The molecule has 3 rings (SSSR count). The van der Waals surface area contributed by atoms with Crippen LogP contribution in [-0.4, -0.2) is 0 Å². The fraction of sp³-hybridized carbons (Fsp3) is 0. The Bertz CT molecular complexity index is 693. The van der Waals surface area contributed by atoms with Crippen molar-refractivity contribution in [3.05, 3.63) is 78.9 Å². The van der Waals surface area contributed by atoms with E-state index in [0.29, 0.717) is 11.4 Å². The zero-order valence-corrected chi connectivity index (χ0v) is 11.0. The first-order chi connectivity index (χ1) is 9.84. The second-order valence-corrected chi connectivity index (χ2v) is 4.51. The van der Waals surface area contributed by atoms with E-state index in [-0.39, 0.29) is 0 Å². The van der Waals surface area contributed by atoms with Gasteiger partial charge >= 0.3 is 0 Å². The lowest BCUT2D eigenvalue weighted by Crippen LogP contribution is -1.94. The van der Waals surface area contributed by atoms with Crippen molar-refractivity contribution in [3.63, 3.8) is 0 Å². The van der Waals surface area contributed by atoms with Crippen molar-refractivity contribution < 1.29 is 4.74 Å². The van der Waals surface area contributed by atoms with Gasteiger partial charge in [-0.05, 0) is 23.8 Å². The molecule has 0 amide bonds. The summed E-state index contributed by atoms with van der Waals surface area (Å²) in [5, 5.41) is 0. The average molecular weight is 261 g/mol. The fourth-order valence-electron chi connectivity index (χ4n) is 2.12. The number of hydrogen-bond acceptors (Lipinski definition) is 2. The van der Waals surface area contributed by atoms with Crippen molar-refractivity contribution in [1.82, 2.24) is 0 Å². The van der Waals surface area contributed by atoms with Gasteiger partial charge in [0.15, 0.2) is 5.75 Å². The lowest BCUT2D eigenvalue weighted by Gasteiger charge is -2.13. The van der Waals surface area contributed by atoms with Gasteiger partial charge in [0.05, 0.1) is 5.69 Å². The number of para-hydroxylation sites is 2. The number of benzene rings is 3. The first-order valence-electron chi connectivity index (χ1n) is 6.51. The molecule has 0 bridgehead atoms. The first kappa shape index (κ1) is 12.3. The molecule has 3 aromatic rings. The maximum Gasteiger partial charge on any atom is 0.158 e. The SMILES string of the molecule is Nc1cccc(-c2ccccc2)c1Oc1ccccc1. The summed E-state index contributed by atoms with van der Waals surface area (Å²) >= 11 is 0. The smallest absolute Gasteiger partial charge is 0.158 e. The molecule has 0 unspecified atom stereocenters. The minimum absolute atomic E-state index is 0.634. The highest BCUT2D eigenvalue weighted by atomic mass is 16.5. The van der Waals surface area contributed by atoms with Crippen molar-refractivity contribution in [1.29, 1.82) is 0 Å². The molecular formula is C18H15NO. The Kier molecular flexibility index (Phi) is 3.38. The average Bonchev–Trinajstić information content (AvgIpc) is 2.51. The highest BCUT2D eigenvalue weighted by molar-refractivity contribution is 5.77. The van der Waals surface area contributed by atoms with Crippen LogP contribution in [0.15, 0.2) is 78.9 Å². The molecule has 0 aliphatic carbocycles. The van der Waals surface area contributed by atoms with Gasteiger partial charge in [0, 0.05) is 5.56 Å². The Labute approximate surface area is 118 Å². The zero-order valence-electron chi connectivity index (χ0n) is 11.0. The quantitative estimate of drug-likeness (QED) is 0.692.